The number of hydrogen-bond donors (Lipinski definition) is 1. The number of rotatable bonds is 6. The fourth-order valence-electron chi connectivity index (χ4n) is 2.85. The first-order valence-corrected chi connectivity index (χ1v) is 9.19. The molecule has 4 heteroatoms. The van der Waals surface area contributed by atoms with Gasteiger partial charge in [0.25, 0.3) is 0 Å². The van der Waals surface area contributed by atoms with Crippen molar-refractivity contribution in [2.45, 2.75) is 43.5 Å². The first kappa shape index (κ1) is 15.2. The van der Waals surface area contributed by atoms with E-state index in [9.17, 15) is 4.21 Å². The van der Waals surface area contributed by atoms with Gasteiger partial charge in [0.15, 0.2) is 0 Å². The van der Waals surface area contributed by atoms with Gasteiger partial charge in [-0.05, 0) is 43.5 Å². The molecule has 2 unspecified atom stereocenters. The van der Waals surface area contributed by atoms with Gasteiger partial charge in [0, 0.05) is 21.2 Å². The van der Waals surface area contributed by atoms with E-state index in [-0.39, 0.29) is 0 Å². The maximum atomic E-state index is 12.5. The van der Waals surface area contributed by atoms with Crippen LogP contribution in [0.15, 0.2) is 33.6 Å². The summed E-state index contributed by atoms with van der Waals surface area (Å²) in [7, 11) is -0.914. The minimum atomic E-state index is -0.914. The molecule has 1 N–H and O–H groups in total. The van der Waals surface area contributed by atoms with E-state index in [2.05, 4.69) is 28.2 Å². The second-order valence-electron chi connectivity index (χ2n) is 5.18. The van der Waals surface area contributed by atoms with E-state index in [1.54, 1.807) is 0 Å². The zero-order chi connectivity index (χ0) is 13.7. The summed E-state index contributed by atoms with van der Waals surface area (Å²) >= 11 is 3.44. The molecular weight excluding hydrogens is 322 g/mol. The van der Waals surface area contributed by atoms with Crippen LogP contribution in [0.1, 0.15) is 32.6 Å². The number of benzene rings is 1. The zero-order valence-corrected chi connectivity index (χ0v) is 13.8. The third-order valence-corrected chi connectivity index (χ3v) is 5.76. The van der Waals surface area contributed by atoms with Gasteiger partial charge in [0.1, 0.15) is 0 Å². The van der Waals surface area contributed by atoms with Crippen molar-refractivity contribution in [3.8, 4) is 0 Å². The topological polar surface area (TPSA) is 29.1 Å². The summed E-state index contributed by atoms with van der Waals surface area (Å²) in [5, 5.41) is 3.54. The number of hydrogen-bond acceptors (Lipinski definition) is 2. The first-order chi connectivity index (χ1) is 9.20. The summed E-state index contributed by atoms with van der Waals surface area (Å²) in [5.74, 6) is 1.44. The van der Waals surface area contributed by atoms with E-state index >= 15 is 0 Å². The molecule has 1 fully saturated rings. The van der Waals surface area contributed by atoms with Crippen LogP contribution in [0.5, 0.6) is 0 Å². The molecule has 1 aromatic carbocycles. The van der Waals surface area contributed by atoms with Crippen molar-refractivity contribution in [2.75, 3.05) is 12.3 Å². The van der Waals surface area contributed by atoms with Crippen molar-refractivity contribution < 1.29 is 4.21 Å². The van der Waals surface area contributed by atoms with Crippen molar-refractivity contribution in [3.05, 3.63) is 28.7 Å². The molecule has 2 rings (SSSR count). The van der Waals surface area contributed by atoms with Crippen molar-refractivity contribution in [1.29, 1.82) is 0 Å². The Labute approximate surface area is 127 Å². The molecule has 0 saturated heterocycles. The summed E-state index contributed by atoms with van der Waals surface area (Å²) < 4.78 is 13.5. The molecule has 1 saturated carbocycles. The summed E-state index contributed by atoms with van der Waals surface area (Å²) in [4.78, 5) is 0.926. The lowest BCUT2D eigenvalue weighted by Crippen LogP contribution is -2.39. The van der Waals surface area contributed by atoms with Crippen LogP contribution >= 0.6 is 15.9 Å². The molecule has 0 aromatic heterocycles. The molecule has 0 bridgehead atoms. The average molecular weight is 344 g/mol. The highest BCUT2D eigenvalue weighted by Crippen LogP contribution is 2.28. The smallest absolute Gasteiger partial charge is 0.0545 e. The van der Waals surface area contributed by atoms with E-state index in [4.69, 9.17) is 0 Å². The van der Waals surface area contributed by atoms with Crippen LogP contribution in [-0.2, 0) is 10.8 Å². The van der Waals surface area contributed by atoms with Crippen LogP contribution < -0.4 is 5.32 Å². The van der Waals surface area contributed by atoms with Crippen LogP contribution in [-0.4, -0.2) is 22.5 Å². The molecule has 1 aliphatic carbocycles. The van der Waals surface area contributed by atoms with Crippen LogP contribution in [0.4, 0.5) is 0 Å². The molecule has 2 nitrogen and oxygen atoms in total. The molecule has 0 radical (unpaired) electrons. The molecule has 0 aliphatic heterocycles. The van der Waals surface area contributed by atoms with Gasteiger partial charge in [-0.3, -0.25) is 4.21 Å². The minimum absolute atomic E-state index is 0.396. The van der Waals surface area contributed by atoms with Gasteiger partial charge >= 0.3 is 0 Å². The van der Waals surface area contributed by atoms with Gasteiger partial charge in [0.05, 0.1) is 10.8 Å². The Morgan fingerprint density at radius 2 is 2.16 bits per heavy atom. The SMILES string of the molecule is CCNC(CS(=O)c1cccc(Br)c1)C1CCCC1. The fraction of sp³-hybridized carbons (Fsp3) is 0.600. The second-order valence-corrected chi connectivity index (χ2v) is 7.59. The van der Waals surface area contributed by atoms with Crippen molar-refractivity contribution in [3.63, 3.8) is 0 Å². The summed E-state index contributed by atoms with van der Waals surface area (Å²) in [5.41, 5.74) is 0. The molecule has 1 aromatic rings. The van der Waals surface area contributed by atoms with Crippen LogP contribution in [0.3, 0.4) is 0 Å². The normalized spacial score (nSPS) is 19.5. The third-order valence-electron chi connectivity index (χ3n) is 3.83. The zero-order valence-electron chi connectivity index (χ0n) is 11.4. The highest BCUT2D eigenvalue weighted by atomic mass is 79.9. The quantitative estimate of drug-likeness (QED) is 0.852. The molecule has 0 heterocycles. The highest BCUT2D eigenvalue weighted by Gasteiger charge is 2.26. The third kappa shape index (κ3) is 4.40. The standard InChI is InChI=1S/C15H22BrNOS/c1-2-17-15(12-6-3-4-7-12)11-19(18)14-9-5-8-13(16)10-14/h5,8-10,12,15,17H,2-4,6-7,11H2,1H3. The predicted molar refractivity (Wildman–Crippen MR) is 84.8 cm³/mol. The highest BCUT2D eigenvalue weighted by molar-refractivity contribution is 9.10. The molecule has 0 spiro atoms. The van der Waals surface area contributed by atoms with Crippen LogP contribution in [0.2, 0.25) is 0 Å². The van der Waals surface area contributed by atoms with E-state index in [0.717, 1.165) is 21.7 Å². The van der Waals surface area contributed by atoms with Crippen LogP contribution in [0, 0.1) is 5.92 Å². The van der Waals surface area contributed by atoms with E-state index in [1.807, 2.05) is 24.3 Å². The Morgan fingerprint density at radius 1 is 1.42 bits per heavy atom. The Kier molecular flexibility index (Phi) is 6.05. The number of nitrogens with one attached hydrogen (secondary N) is 1. The molecule has 2 atom stereocenters. The maximum Gasteiger partial charge on any atom is 0.0545 e. The summed E-state index contributed by atoms with van der Waals surface area (Å²) in [6, 6.07) is 8.24. The fourth-order valence-corrected chi connectivity index (χ4v) is 4.80. The van der Waals surface area contributed by atoms with Gasteiger partial charge in [-0.2, -0.15) is 0 Å². The minimum Gasteiger partial charge on any atom is -0.313 e. The largest absolute Gasteiger partial charge is 0.313 e. The van der Waals surface area contributed by atoms with Gasteiger partial charge in [-0.15, -0.1) is 0 Å². The Bertz CT molecular complexity index is 432. The summed E-state index contributed by atoms with van der Waals surface area (Å²) in [6.45, 7) is 3.08. The summed E-state index contributed by atoms with van der Waals surface area (Å²) in [6.07, 6.45) is 5.23. The van der Waals surface area contributed by atoms with Gasteiger partial charge in [-0.1, -0.05) is 41.8 Å². The lowest BCUT2D eigenvalue weighted by Gasteiger charge is -2.23. The molecule has 106 valence electrons. The Balaban J connectivity index is 2.01. The van der Waals surface area contributed by atoms with E-state index in [1.165, 1.54) is 25.7 Å². The lowest BCUT2D eigenvalue weighted by molar-refractivity contribution is 0.392. The maximum absolute atomic E-state index is 12.5. The van der Waals surface area contributed by atoms with Gasteiger partial charge < -0.3 is 5.32 Å². The Hall–Kier alpha value is -0.190. The second kappa shape index (κ2) is 7.55. The molecule has 1 aliphatic rings. The Morgan fingerprint density at radius 3 is 2.79 bits per heavy atom. The first-order valence-electron chi connectivity index (χ1n) is 7.08. The van der Waals surface area contributed by atoms with Gasteiger partial charge in [0.2, 0.25) is 0 Å². The van der Waals surface area contributed by atoms with Crippen LogP contribution in [0.25, 0.3) is 0 Å². The molecule has 19 heavy (non-hydrogen) atoms. The van der Waals surface area contributed by atoms with Crippen molar-refractivity contribution in [2.24, 2.45) is 5.92 Å². The van der Waals surface area contributed by atoms with Crippen molar-refractivity contribution in [1.82, 2.24) is 5.32 Å². The van der Waals surface area contributed by atoms with Crippen molar-refractivity contribution >= 4 is 26.7 Å². The van der Waals surface area contributed by atoms with E-state index < -0.39 is 10.8 Å². The predicted octanol–water partition coefficient (Wildman–Crippen LogP) is 3.73. The molecule has 0 amide bonds. The average Bonchev–Trinajstić information content (AvgIpc) is 2.92. The molecular formula is C15H22BrNOS. The van der Waals surface area contributed by atoms with Gasteiger partial charge in [-0.25, -0.2) is 0 Å². The number of halogens is 1. The lowest BCUT2D eigenvalue weighted by atomic mass is 10.00. The van der Waals surface area contributed by atoms with E-state index in [0.29, 0.717) is 12.0 Å². The monoisotopic (exact) mass is 343 g/mol.